The second-order valence-corrected chi connectivity index (χ2v) is 7.91. The SMILES string of the molecule is Cc1c(C)n(Cc2ccc(F)cc2)c2c(OCc3ccc4ccccc4c3)nccc12.Cl. The van der Waals surface area contributed by atoms with Gasteiger partial charge in [0.15, 0.2) is 0 Å². The van der Waals surface area contributed by atoms with Crippen molar-refractivity contribution in [2.45, 2.75) is 27.0 Å². The van der Waals surface area contributed by atoms with Crippen molar-refractivity contribution in [2.24, 2.45) is 0 Å². The first-order chi connectivity index (χ1) is 15.1. The molecule has 162 valence electrons. The molecule has 2 aromatic heterocycles. The molecule has 2 heterocycles. The molecule has 0 spiro atoms. The van der Waals surface area contributed by atoms with E-state index in [2.05, 4.69) is 53.7 Å². The Hall–Kier alpha value is -3.37. The molecule has 0 aliphatic carbocycles. The van der Waals surface area contributed by atoms with Gasteiger partial charge in [-0.25, -0.2) is 9.37 Å². The summed E-state index contributed by atoms with van der Waals surface area (Å²) in [6.07, 6.45) is 1.80. The molecule has 0 saturated carbocycles. The van der Waals surface area contributed by atoms with Gasteiger partial charge in [-0.3, -0.25) is 0 Å². The van der Waals surface area contributed by atoms with Crippen molar-refractivity contribution in [1.82, 2.24) is 9.55 Å². The van der Waals surface area contributed by atoms with Gasteiger partial charge in [0.2, 0.25) is 5.88 Å². The summed E-state index contributed by atoms with van der Waals surface area (Å²) in [6, 6.07) is 23.3. The van der Waals surface area contributed by atoms with E-state index in [1.807, 2.05) is 30.3 Å². The first-order valence-electron chi connectivity index (χ1n) is 10.4. The number of pyridine rings is 1. The number of fused-ring (bicyclic) bond motifs is 2. The van der Waals surface area contributed by atoms with Crippen molar-refractivity contribution >= 4 is 34.1 Å². The van der Waals surface area contributed by atoms with Crippen molar-refractivity contribution < 1.29 is 9.13 Å². The Morgan fingerprint density at radius 2 is 1.59 bits per heavy atom. The third kappa shape index (κ3) is 4.06. The highest BCUT2D eigenvalue weighted by Gasteiger charge is 2.17. The molecular weight excluding hydrogens is 423 g/mol. The van der Waals surface area contributed by atoms with Gasteiger partial charge in [-0.2, -0.15) is 0 Å². The van der Waals surface area contributed by atoms with E-state index in [-0.39, 0.29) is 18.2 Å². The van der Waals surface area contributed by atoms with Gasteiger partial charge in [0.25, 0.3) is 0 Å². The highest BCUT2D eigenvalue weighted by atomic mass is 35.5. The van der Waals surface area contributed by atoms with E-state index in [0.29, 0.717) is 19.0 Å². The first kappa shape index (κ1) is 21.8. The number of ether oxygens (including phenoxy) is 1. The van der Waals surface area contributed by atoms with Crippen LogP contribution < -0.4 is 4.74 Å². The van der Waals surface area contributed by atoms with Crippen LogP contribution in [-0.4, -0.2) is 9.55 Å². The minimum atomic E-state index is -0.227. The molecule has 0 N–H and O–H groups in total. The number of nitrogens with zero attached hydrogens (tertiary/aromatic N) is 2. The van der Waals surface area contributed by atoms with Gasteiger partial charge < -0.3 is 9.30 Å². The Bertz CT molecular complexity index is 1390. The fraction of sp³-hybridized carbons (Fsp3) is 0.148. The molecule has 3 nitrogen and oxygen atoms in total. The highest BCUT2D eigenvalue weighted by molar-refractivity contribution is 5.89. The van der Waals surface area contributed by atoms with Crippen LogP contribution in [0.5, 0.6) is 5.88 Å². The normalized spacial score (nSPS) is 11.0. The van der Waals surface area contributed by atoms with Crippen molar-refractivity contribution in [3.63, 3.8) is 0 Å². The highest BCUT2D eigenvalue weighted by Crippen LogP contribution is 2.32. The van der Waals surface area contributed by atoms with E-state index < -0.39 is 0 Å². The van der Waals surface area contributed by atoms with E-state index in [9.17, 15) is 4.39 Å². The maximum Gasteiger partial charge on any atom is 0.238 e. The molecule has 0 atom stereocenters. The molecule has 0 aliphatic heterocycles. The van der Waals surface area contributed by atoms with E-state index in [0.717, 1.165) is 27.7 Å². The topological polar surface area (TPSA) is 27.1 Å². The van der Waals surface area contributed by atoms with Crippen LogP contribution >= 0.6 is 12.4 Å². The Kier molecular flexibility index (Phi) is 6.15. The molecule has 3 aromatic carbocycles. The number of hydrogen-bond acceptors (Lipinski definition) is 2. The van der Waals surface area contributed by atoms with E-state index in [1.165, 1.54) is 28.5 Å². The van der Waals surface area contributed by atoms with E-state index in [4.69, 9.17) is 4.74 Å². The molecule has 0 fully saturated rings. The van der Waals surface area contributed by atoms with Crippen LogP contribution in [0, 0.1) is 19.7 Å². The van der Waals surface area contributed by atoms with Crippen LogP contribution in [0.3, 0.4) is 0 Å². The molecule has 0 radical (unpaired) electrons. The van der Waals surface area contributed by atoms with Crippen LogP contribution in [0.4, 0.5) is 4.39 Å². The van der Waals surface area contributed by atoms with Gasteiger partial charge in [-0.05, 0) is 65.6 Å². The van der Waals surface area contributed by atoms with Gasteiger partial charge >= 0.3 is 0 Å². The third-order valence-corrected chi connectivity index (χ3v) is 5.96. The van der Waals surface area contributed by atoms with Crippen LogP contribution in [0.2, 0.25) is 0 Å². The average molecular weight is 447 g/mol. The quantitative estimate of drug-likeness (QED) is 0.291. The molecule has 0 aliphatic rings. The number of aromatic nitrogens is 2. The van der Waals surface area contributed by atoms with Gasteiger partial charge in [0.05, 0.1) is 0 Å². The molecule has 32 heavy (non-hydrogen) atoms. The number of rotatable bonds is 5. The van der Waals surface area contributed by atoms with Crippen molar-refractivity contribution in [1.29, 1.82) is 0 Å². The molecule has 5 rings (SSSR count). The zero-order chi connectivity index (χ0) is 21.4. The lowest BCUT2D eigenvalue weighted by atomic mass is 10.1. The third-order valence-electron chi connectivity index (χ3n) is 5.96. The zero-order valence-electron chi connectivity index (χ0n) is 18.0. The lowest BCUT2D eigenvalue weighted by Gasteiger charge is -2.12. The van der Waals surface area contributed by atoms with E-state index >= 15 is 0 Å². The molecular formula is C27H24ClFN2O. The Balaban J connectivity index is 0.00000245. The maximum atomic E-state index is 13.3. The fourth-order valence-corrected chi connectivity index (χ4v) is 4.12. The van der Waals surface area contributed by atoms with Gasteiger partial charge in [0, 0.05) is 23.8 Å². The summed E-state index contributed by atoms with van der Waals surface area (Å²) in [5.41, 5.74) is 5.47. The zero-order valence-corrected chi connectivity index (χ0v) is 18.8. The Morgan fingerprint density at radius 3 is 2.38 bits per heavy atom. The summed E-state index contributed by atoms with van der Waals surface area (Å²) in [5, 5.41) is 3.54. The standard InChI is InChI=1S/C27H23FN2O.ClH/c1-18-19(2)30(16-20-8-11-24(28)12-9-20)26-25(18)13-14-29-27(26)31-17-21-7-10-22-5-3-4-6-23(22)15-21;/h3-15H,16-17H2,1-2H3;1H. The van der Waals surface area contributed by atoms with Gasteiger partial charge in [-0.15, -0.1) is 12.4 Å². The van der Waals surface area contributed by atoms with Gasteiger partial charge in [0.1, 0.15) is 17.9 Å². The fourth-order valence-electron chi connectivity index (χ4n) is 4.12. The molecule has 0 unspecified atom stereocenters. The van der Waals surface area contributed by atoms with Crippen molar-refractivity contribution in [3.8, 4) is 5.88 Å². The summed E-state index contributed by atoms with van der Waals surface area (Å²) < 4.78 is 21.8. The molecule has 0 saturated heterocycles. The van der Waals surface area contributed by atoms with Crippen molar-refractivity contribution in [3.05, 3.63) is 107 Å². The molecule has 5 heteroatoms. The van der Waals surface area contributed by atoms with Crippen LogP contribution in [0.15, 0.2) is 79.0 Å². The smallest absolute Gasteiger partial charge is 0.238 e. The summed E-state index contributed by atoms with van der Waals surface area (Å²) in [6.45, 7) is 5.29. The number of aryl methyl sites for hydroxylation is 1. The molecule has 0 bridgehead atoms. The molecule has 0 amide bonds. The largest absolute Gasteiger partial charge is 0.471 e. The number of halogens is 2. The Labute approximate surface area is 192 Å². The summed E-state index contributed by atoms with van der Waals surface area (Å²) in [7, 11) is 0. The summed E-state index contributed by atoms with van der Waals surface area (Å²) in [4.78, 5) is 4.55. The second-order valence-electron chi connectivity index (χ2n) is 7.91. The van der Waals surface area contributed by atoms with E-state index in [1.54, 1.807) is 6.20 Å². The lowest BCUT2D eigenvalue weighted by molar-refractivity contribution is 0.297. The second kappa shape index (κ2) is 9.01. The van der Waals surface area contributed by atoms with Crippen LogP contribution in [-0.2, 0) is 13.2 Å². The molecule has 5 aromatic rings. The Morgan fingerprint density at radius 1 is 0.875 bits per heavy atom. The minimum absolute atomic E-state index is 0. The summed E-state index contributed by atoms with van der Waals surface area (Å²) >= 11 is 0. The number of benzene rings is 3. The lowest BCUT2D eigenvalue weighted by Crippen LogP contribution is -2.05. The predicted molar refractivity (Wildman–Crippen MR) is 130 cm³/mol. The predicted octanol–water partition coefficient (Wildman–Crippen LogP) is 6.99. The number of hydrogen-bond donors (Lipinski definition) is 0. The van der Waals surface area contributed by atoms with Crippen molar-refractivity contribution in [2.75, 3.05) is 0 Å². The van der Waals surface area contributed by atoms with Crippen LogP contribution in [0.1, 0.15) is 22.4 Å². The monoisotopic (exact) mass is 446 g/mol. The van der Waals surface area contributed by atoms with Crippen LogP contribution in [0.25, 0.3) is 21.7 Å². The van der Waals surface area contributed by atoms with Gasteiger partial charge in [-0.1, -0.05) is 48.5 Å². The first-order valence-corrected chi connectivity index (χ1v) is 10.4. The average Bonchev–Trinajstić information content (AvgIpc) is 3.04. The summed E-state index contributed by atoms with van der Waals surface area (Å²) in [5.74, 6) is 0.388. The maximum absolute atomic E-state index is 13.3. The minimum Gasteiger partial charge on any atom is -0.471 e.